The molecule has 1 aromatic rings. The van der Waals surface area contributed by atoms with Gasteiger partial charge in [-0.2, -0.15) is 4.37 Å². The summed E-state index contributed by atoms with van der Waals surface area (Å²) < 4.78 is 4.23. The second kappa shape index (κ2) is 5.55. The van der Waals surface area contributed by atoms with E-state index < -0.39 is 0 Å². The zero-order valence-corrected chi connectivity index (χ0v) is 12.8. The highest BCUT2D eigenvalue weighted by atomic mass is 32.1. The van der Waals surface area contributed by atoms with Crippen molar-refractivity contribution in [1.82, 2.24) is 19.6 Å². The molecule has 0 bridgehead atoms. The highest BCUT2D eigenvalue weighted by molar-refractivity contribution is 7.09. The number of aromatic nitrogens is 2. The number of carbonyl (C=O) groups is 1. The number of aryl methyl sites for hydroxylation is 1. The molecule has 0 spiro atoms. The molecule has 0 radical (unpaired) electrons. The molecular formula is C13H21N5OS. The van der Waals surface area contributed by atoms with Crippen molar-refractivity contribution in [3.63, 3.8) is 0 Å². The molecule has 2 heterocycles. The zero-order chi connectivity index (χ0) is 14.1. The van der Waals surface area contributed by atoms with Crippen LogP contribution < -0.4 is 10.2 Å². The van der Waals surface area contributed by atoms with E-state index >= 15 is 0 Å². The lowest BCUT2D eigenvalue weighted by molar-refractivity contribution is 0.200. The largest absolute Gasteiger partial charge is 0.345 e. The Bertz CT molecular complexity index is 491. The first kappa shape index (κ1) is 13.6. The third kappa shape index (κ3) is 3.03. The Hall–Kier alpha value is -1.37. The van der Waals surface area contributed by atoms with Gasteiger partial charge in [0, 0.05) is 43.8 Å². The van der Waals surface area contributed by atoms with Crippen LogP contribution in [-0.4, -0.2) is 52.5 Å². The van der Waals surface area contributed by atoms with Gasteiger partial charge in [0.2, 0.25) is 5.13 Å². The molecule has 1 N–H and O–H groups in total. The highest BCUT2D eigenvalue weighted by Crippen LogP contribution is 2.29. The number of rotatable bonds is 2. The second-order valence-electron chi connectivity index (χ2n) is 5.72. The number of carbonyl (C=O) groups excluding carboxylic acids is 1. The first-order valence-electron chi connectivity index (χ1n) is 7.24. The first-order valence-corrected chi connectivity index (χ1v) is 8.01. The zero-order valence-electron chi connectivity index (χ0n) is 12.0. The molecule has 2 aliphatic rings. The minimum Gasteiger partial charge on any atom is -0.345 e. The quantitative estimate of drug-likeness (QED) is 0.897. The molecule has 3 rings (SSSR count). The van der Waals surface area contributed by atoms with Crippen LogP contribution in [0.1, 0.15) is 25.6 Å². The number of nitrogens with zero attached hydrogens (tertiary/aromatic N) is 4. The molecule has 2 fully saturated rings. The summed E-state index contributed by atoms with van der Waals surface area (Å²) >= 11 is 1.44. The second-order valence-corrected chi connectivity index (χ2v) is 6.45. The Morgan fingerprint density at radius 3 is 2.80 bits per heavy atom. The highest BCUT2D eigenvalue weighted by Gasteiger charge is 2.35. The maximum absolute atomic E-state index is 12.2. The van der Waals surface area contributed by atoms with Crippen molar-refractivity contribution in [3.05, 3.63) is 5.82 Å². The van der Waals surface area contributed by atoms with Gasteiger partial charge >= 0.3 is 6.03 Å². The maximum atomic E-state index is 12.2. The maximum Gasteiger partial charge on any atom is 0.317 e. The molecule has 2 atom stereocenters. The van der Waals surface area contributed by atoms with E-state index in [0.717, 1.165) is 50.0 Å². The number of amides is 2. The van der Waals surface area contributed by atoms with Gasteiger partial charge in [-0.15, -0.1) is 0 Å². The van der Waals surface area contributed by atoms with Crippen molar-refractivity contribution < 1.29 is 4.79 Å². The molecule has 110 valence electrons. The van der Waals surface area contributed by atoms with Crippen LogP contribution in [0, 0.1) is 12.8 Å². The van der Waals surface area contributed by atoms with Crippen LogP contribution in [0.4, 0.5) is 9.93 Å². The minimum absolute atomic E-state index is 0.0923. The van der Waals surface area contributed by atoms with E-state index in [1.54, 1.807) is 0 Å². The van der Waals surface area contributed by atoms with Crippen LogP contribution in [-0.2, 0) is 0 Å². The number of urea groups is 1. The predicted octanol–water partition coefficient (Wildman–Crippen LogP) is 1.48. The summed E-state index contributed by atoms with van der Waals surface area (Å²) in [6, 6.07) is 0.488. The van der Waals surface area contributed by atoms with Crippen molar-refractivity contribution in [2.24, 2.45) is 5.92 Å². The molecule has 1 aromatic heterocycles. The van der Waals surface area contributed by atoms with Gasteiger partial charge in [0.15, 0.2) is 0 Å². The fourth-order valence-electron chi connectivity index (χ4n) is 2.50. The Kier molecular flexibility index (Phi) is 3.78. The summed E-state index contributed by atoms with van der Waals surface area (Å²) in [4.78, 5) is 20.8. The van der Waals surface area contributed by atoms with Crippen LogP contribution in [0.5, 0.6) is 0 Å². The fourth-order valence-corrected chi connectivity index (χ4v) is 3.23. The molecule has 6 nitrogen and oxygen atoms in total. The summed E-state index contributed by atoms with van der Waals surface area (Å²) in [6.07, 6.45) is 2.10. The van der Waals surface area contributed by atoms with Gasteiger partial charge in [0.25, 0.3) is 0 Å². The molecule has 20 heavy (non-hydrogen) atoms. The van der Waals surface area contributed by atoms with Crippen molar-refractivity contribution in [2.45, 2.75) is 32.7 Å². The Labute approximate surface area is 123 Å². The van der Waals surface area contributed by atoms with Crippen LogP contribution >= 0.6 is 11.5 Å². The third-order valence-electron chi connectivity index (χ3n) is 3.99. The smallest absolute Gasteiger partial charge is 0.317 e. The van der Waals surface area contributed by atoms with Gasteiger partial charge in [0.1, 0.15) is 5.82 Å². The van der Waals surface area contributed by atoms with Gasteiger partial charge in [-0.25, -0.2) is 9.78 Å². The molecular weight excluding hydrogens is 274 g/mol. The minimum atomic E-state index is 0.0923. The van der Waals surface area contributed by atoms with Crippen LogP contribution in [0.2, 0.25) is 0 Å². The molecule has 2 amide bonds. The number of nitrogens with one attached hydrogen (secondary N) is 1. The lowest BCUT2D eigenvalue weighted by Gasteiger charge is -2.21. The summed E-state index contributed by atoms with van der Waals surface area (Å²) in [6.45, 7) is 7.44. The molecule has 1 saturated heterocycles. The average molecular weight is 295 g/mol. The molecule has 1 aliphatic heterocycles. The topological polar surface area (TPSA) is 61.4 Å². The standard InChI is InChI=1S/C13H21N5OS/c1-9-8-11(9)15-12(19)17-4-3-5-18(7-6-17)13-14-10(2)16-20-13/h9,11H,3-8H2,1-2H3,(H,15,19)/t9-,11-/m1/s1. The van der Waals surface area contributed by atoms with E-state index in [-0.39, 0.29) is 6.03 Å². The summed E-state index contributed by atoms with van der Waals surface area (Å²) in [5, 5.41) is 4.08. The summed E-state index contributed by atoms with van der Waals surface area (Å²) in [5.41, 5.74) is 0. The Morgan fingerprint density at radius 1 is 1.35 bits per heavy atom. The van der Waals surface area contributed by atoms with Gasteiger partial charge in [-0.1, -0.05) is 6.92 Å². The van der Waals surface area contributed by atoms with Crippen molar-refractivity contribution in [2.75, 3.05) is 31.1 Å². The van der Waals surface area contributed by atoms with E-state index in [0.29, 0.717) is 12.0 Å². The van der Waals surface area contributed by atoms with Gasteiger partial charge in [0.05, 0.1) is 0 Å². The lowest BCUT2D eigenvalue weighted by atomic mass is 10.4. The van der Waals surface area contributed by atoms with Crippen molar-refractivity contribution in [1.29, 1.82) is 0 Å². The molecule has 0 unspecified atom stereocenters. The fraction of sp³-hybridized carbons (Fsp3) is 0.769. The Morgan fingerprint density at radius 2 is 2.15 bits per heavy atom. The van der Waals surface area contributed by atoms with E-state index in [1.807, 2.05) is 11.8 Å². The van der Waals surface area contributed by atoms with Crippen LogP contribution in [0.3, 0.4) is 0 Å². The summed E-state index contributed by atoms with van der Waals surface area (Å²) in [5.74, 6) is 1.47. The van der Waals surface area contributed by atoms with Gasteiger partial charge < -0.3 is 15.1 Å². The lowest BCUT2D eigenvalue weighted by Crippen LogP contribution is -2.43. The predicted molar refractivity (Wildman–Crippen MR) is 79.1 cm³/mol. The van der Waals surface area contributed by atoms with E-state index in [9.17, 15) is 4.79 Å². The van der Waals surface area contributed by atoms with Gasteiger partial charge in [-0.05, 0) is 25.7 Å². The molecule has 1 aliphatic carbocycles. The normalized spacial score (nSPS) is 26.3. The van der Waals surface area contributed by atoms with E-state index in [4.69, 9.17) is 0 Å². The van der Waals surface area contributed by atoms with E-state index in [1.165, 1.54) is 11.5 Å². The van der Waals surface area contributed by atoms with Gasteiger partial charge in [-0.3, -0.25) is 0 Å². The Balaban J connectivity index is 1.55. The van der Waals surface area contributed by atoms with Crippen molar-refractivity contribution >= 4 is 22.7 Å². The monoisotopic (exact) mass is 295 g/mol. The number of hydrogen-bond donors (Lipinski definition) is 1. The third-order valence-corrected chi connectivity index (χ3v) is 4.86. The first-order chi connectivity index (χ1) is 9.63. The van der Waals surface area contributed by atoms with Crippen molar-refractivity contribution in [3.8, 4) is 0 Å². The average Bonchev–Trinajstić information content (AvgIpc) is 3.03. The SMILES string of the molecule is Cc1nsc(N2CCCN(C(=O)N[C@@H]3C[C@H]3C)CC2)n1. The van der Waals surface area contributed by atoms with Crippen LogP contribution in [0.25, 0.3) is 0 Å². The summed E-state index contributed by atoms with van der Waals surface area (Å²) in [7, 11) is 0. The molecule has 1 saturated carbocycles. The number of hydrogen-bond acceptors (Lipinski definition) is 5. The van der Waals surface area contributed by atoms with E-state index in [2.05, 4.69) is 26.5 Å². The number of anilines is 1. The molecule has 0 aromatic carbocycles. The molecule has 7 heteroatoms. The van der Waals surface area contributed by atoms with Crippen LogP contribution in [0.15, 0.2) is 0 Å².